The van der Waals surface area contributed by atoms with Crippen LogP contribution in [0.2, 0.25) is 0 Å². The fraction of sp³-hybridized carbons (Fsp3) is 0.367. The Labute approximate surface area is 219 Å². The Morgan fingerprint density at radius 1 is 1.06 bits per heavy atom. The van der Waals surface area contributed by atoms with Crippen LogP contribution >= 0.6 is 12.4 Å². The number of hydrogen-bond acceptors (Lipinski definition) is 3. The normalized spacial score (nSPS) is 14.4. The maximum Gasteiger partial charge on any atom is 0.153 e. The highest BCUT2D eigenvalue weighted by Crippen LogP contribution is 2.34. The number of nitrogens with zero attached hydrogens (tertiary/aromatic N) is 2. The number of hydrogen-bond donors (Lipinski definition) is 2. The molecule has 5 rings (SSSR count). The molecule has 6 heteroatoms. The molecule has 0 saturated carbocycles. The van der Waals surface area contributed by atoms with Crippen molar-refractivity contribution in [3.05, 3.63) is 94.1 Å². The Balaban J connectivity index is 0.00000304. The summed E-state index contributed by atoms with van der Waals surface area (Å²) < 4.78 is 14.0. The van der Waals surface area contributed by atoms with Crippen LogP contribution in [-0.4, -0.2) is 22.1 Å². The predicted octanol–water partition coefficient (Wildman–Crippen LogP) is 6.98. The first kappa shape index (κ1) is 26.2. The number of H-pyrrole nitrogens is 1. The van der Waals surface area contributed by atoms with Crippen molar-refractivity contribution < 1.29 is 4.39 Å². The Morgan fingerprint density at radius 3 is 2.53 bits per heavy atom. The van der Waals surface area contributed by atoms with E-state index in [0.717, 1.165) is 42.1 Å². The molecule has 36 heavy (non-hydrogen) atoms. The first-order valence-electron chi connectivity index (χ1n) is 12.5. The average molecular weight is 507 g/mol. The summed E-state index contributed by atoms with van der Waals surface area (Å²) in [6.45, 7) is 12.6. The second kappa shape index (κ2) is 10.2. The fourth-order valence-electron chi connectivity index (χ4n) is 5.19. The van der Waals surface area contributed by atoms with Gasteiger partial charge in [0.2, 0.25) is 0 Å². The van der Waals surface area contributed by atoms with Gasteiger partial charge in [-0.15, -0.1) is 12.4 Å². The second-order valence-corrected chi connectivity index (χ2v) is 10.9. The largest absolute Gasteiger partial charge is 0.355 e. The highest BCUT2D eigenvalue weighted by molar-refractivity contribution is 5.93. The number of nitrogens with one attached hydrogen (secondary N) is 2. The molecule has 1 unspecified atom stereocenters. The molecule has 1 aliphatic heterocycles. The van der Waals surface area contributed by atoms with Crippen LogP contribution in [0.4, 0.5) is 10.2 Å². The van der Waals surface area contributed by atoms with Gasteiger partial charge in [0.05, 0.1) is 17.3 Å². The third kappa shape index (κ3) is 5.42. The van der Waals surface area contributed by atoms with Gasteiger partial charge in [0.15, 0.2) is 5.82 Å². The van der Waals surface area contributed by atoms with Gasteiger partial charge in [-0.05, 0) is 87.9 Å². The Kier molecular flexibility index (Phi) is 7.44. The van der Waals surface area contributed by atoms with Crippen molar-refractivity contribution in [1.29, 1.82) is 0 Å². The van der Waals surface area contributed by atoms with Crippen LogP contribution < -0.4 is 10.2 Å². The van der Waals surface area contributed by atoms with Crippen LogP contribution in [0.15, 0.2) is 54.6 Å². The summed E-state index contributed by atoms with van der Waals surface area (Å²) in [6, 6.07) is 17.8. The van der Waals surface area contributed by atoms with E-state index in [0.29, 0.717) is 6.42 Å². The number of anilines is 1. The van der Waals surface area contributed by atoms with Crippen LogP contribution in [0.1, 0.15) is 60.5 Å². The van der Waals surface area contributed by atoms with Gasteiger partial charge in [0.25, 0.3) is 0 Å². The molecule has 3 heterocycles. The topological polar surface area (TPSA) is 44.0 Å². The van der Waals surface area contributed by atoms with Gasteiger partial charge in [0, 0.05) is 29.7 Å². The molecule has 0 radical (unpaired) electrons. The quantitative estimate of drug-likeness (QED) is 0.307. The van der Waals surface area contributed by atoms with E-state index in [1.54, 1.807) is 12.1 Å². The fourth-order valence-corrected chi connectivity index (χ4v) is 5.19. The molecule has 0 amide bonds. The third-order valence-electron chi connectivity index (χ3n) is 7.02. The standard InChI is InChI=1S/C30H35FN4.ClH/c1-19-20(2)32-28-25(19)17-26(27(34-30(3,4)5)16-21-9-8-12-24(31)15-21)33-29(28)35-14-13-22-10-6-7-11-23(22)18-35;/h6-12,15,17,27,32,34H,13-14,16,18H2,1-5H3;1H. The number of aromatic amines is 1. The average Bonchev–Trinajstić information content (AvgIpc) is 3.10. The van der Waals surface area contributed by atoms with E-state index in [9.17, 15) is 4.39 Å². The summed E-state index contributed by atoms with van der Waals surface area (Å²) in [5.41, 5.74) is 8.14. The summed E-state index contributed by atoms with van der Waals surface area (Å²) in [4.78, 5) is 11.3. The Bertz CT molecular complexity index is 1370. The minimum Gasteiger partial charge on any atom is -0.355 e. The van der Waals surface area contributed by atoms with Crippen molar-refractivity contribution in [3.8, 4) is 0 Å². The molecule has 1 atom stereocenters. The third-order valence-corrected chi connectivity index (χ3v) is 7.02. The van der Waals surface area contributed by atoms with E-state index < -0.39 is 0 Å². The van der Waals surface area contributed by atoms with Crippen molar-refractivity contribution in [2.45, 2.75) is 65.6 Å². The van der Waals surface area contributed by atoms with Crippen molar-refractivity contribution >= 4 is 29.1 Å². The molecule has 1 aliphatic rings. The van der Waals surface area contributed by atoms with Gasteiger partial charge in [-0.1, -0.05) is 36.4 Å². The lowest BCUT2D eigenvalue weighted by Gasteiger charge is -2.32. The lowest BCUT2D eigenvalue weighted by molar-refractivity contribution is 0.357. The van der Waals surface area contributed by atoms with Gasteiger partial charge >= 0.3 is 0 Å². The second-order valence-electron chi connectivity index (χ2n) is 10.9. The van der Waals surface area contributed by atoms with E-state index in [-0.39, 0.29) is 29.8 Å². The van der Waals surface area contributed by atoms with Gasteiger partial charge in [-0.25, -0.2) is 9.37 Å². The number of aromatic nitrogens is 2. The van der Waals surface area contributed by atoms with Gasteiger partial charge < -0.3 is 15.2 Å². The van der Waals surface area contributed by atoms with Gasteiger partial charge in [-0.3, -0.25) is 0 Å². The first-order valence-corrected chi connectivity index (χ1v) is 12.5. The Morgan fingerprint density at radius 2 is 1.81 bits per heavy atom. The molecule has 0 spiro atoms. The van der Waals surface area contributed by atoms with Crippen molar-refractivity contribution in [1.82, 2.24) is 15.3 Å². The maximum atomic E-state index is 14.0. The summed E-state index contributed by atoms with van der Waals surface area (Å²) in [7, 11) is 0. The molecular weight excluding hydrogens is 471 g/mol. The van der Waals surface area contributed by atoms with Gasteiger partial charge in [-0.2, -0.15) is 0 Å². The van der Waals surface area contributed by atoms with Crippen molar-refractivity contribution in [2.75, 3.05) is 11.4 Å². The molecule has 2 aromatic carbocycles. The molecule has 0 aliphatic carbocycles. The van der Waals surface area contributed by atoms with Crippen LogP contribution in [-0.2, 0) is 19.4 Å². The summed E-state index contributed by atoms with van der Waals surface area (Å²) >= 11 is 0. The molecular formula is C30H36ClFN4. The SMILES string of the molecule is Cc1[nH]c2c(N3CCc4ccccc4C3)nc(C(Cc3cccc(F)c3)NC(C)(C)C)cc2c1C.Cl. The van der Waals surface area contributed by atoms with Crippen molar-refractivity contribution in [2.24, 2.45) is 0 Å². The lowest BCUT2D eigenvalue weighted by Crippen LogP contribution is -2.40. The van der Waals surface area contributed by atoms with E-state index in [1.807, 2.05) is 6.07 Å². The number of pyridine rings is 1. The van der Waals surface area contributed by atoms with Crippen LogP contribution in [0.3, 0.4) is 0 Å². The highest BCUT2D eigenvalue weighted by atomic mass is 35.5. The van der Waals surface area contributed by atoms with Crippen LogP contribution in [0.25, 0.3) is 10.9 Å². The lowest BCUT2D eigenvalue weighted by atomic mass is 9.97. The van der Waals surface area contributed by atoms with E-state index >= 15 is 0 Å². The summed E-state index contributed by atoms with van der Waals surface area (Å²) in [6.07, 6.45) is 1.67. The van der Waals surface area contributed by atoms with Crippen molar-refractivity contribution in [3.63, 3.8) is 0 Å². The molecule has 0 bridgehead atoms. The minimum absolute atomic E-state index is 0. The summed E-state index contributed by atoms with van der Waals surface area (Å²) in [5, 5.41) is 4.97. The van der Waals surface area contributed by atoms with Gasteiger partial charge in [0.1, 0.15) is 5.82 Å². The van der Waals surface area contributed by atoms with Crippen LogP contribution in [0.5, 0.6) is 0 Å². The number of benzene rings is 2. The Hall–Kier alpha value is -2.89. The molecule has 190 valence electrons. The molecule has 0 fully saturated rings. The predicted molar refractivity (Wildman–Crippen MR) is 150 cm³/mol. The molecule has 4 nitrogen and oxygen atoms in total. The number of aryl methyl sites for hydroxylation is 2. The first-order chi connectivity index (χ1) is 16.7. The monoisotopic (exact) mass is 506 g/mol. The minimum atomic E-state index is -0.204. The maximum absolute atomic E-state index is 14.0. The zero-order valence-corrected chi connectivity index (χ0v) is 22.6. The van der Waals surface area contributed by atoms with E-state index in [2.05, 4.69) is 80.2 Å². The zero-order chi connectivity index (χ0) is 24.7. The zero-order valence-electron chi connectivity index (χ0n) is 21.8. The smallest absolute Gasteiger partial charge is 0.153 e. The molecule has 2 N–H and O–H groups in total. The molecule has 4 aromatic rings. The van der Waals surface area contributed by atoms with E-state index in [1.165, 1.54) is 33.8 Å². The number of rotatable bonds is 5. The van der Waals surface area contributed by atoms with E-state index in [4.69, 9.17) is 4.98 Å². The summed E-state index contributed by atoms with van der Waals surface area (Å²) in [5.74, 6) is 0.799. The molecule has 0 saturated heterocycles. The number of fused-ring (bicyclic) bond motifs is 2. The highest BCUT2D eigenvalue weighted by Gasteiger charge is 2.26. The van der Waals surface area contributed by atoms with Crippen LogP contribution in [0, 0.1) is 19.7 Å². The molecule has 2 aromatic heterocycles. The number of halogens is 2.